The molecule has 0 bridgehead atoms. The monoisotopic (exact) mass is 199 g/mol. The van der Waals surface area contributed by atoms with Gasteiger partial charge in [0.2, 0.25) is 5.82 Å². The van der Waals surface area contributed by atoms with E-state index in [1.807, 2.05) is 0 Å². The zero-order chi connectivity index (χ0) is 10.3. The Labute approximate surface area is 80.4 Å². The van der Waals surface area contributed by atoms with E-state index in [0.717, 1.165) is 12.8 Å². The Morgan fingerprint density at radius 1 is 1.29 bits per heavy atom. The number of benzene rings is 1. The molecule has 76 valence electrons. The number of halogens is 2. The number of nitrogens with two attached hydrogens (primary N) is 1. The van der Waals surface area contributed by atoms with Crippen molar-refractivity contribution < 1.29 is 13.9 Å². The molecule has 1 aliphatic rings. The summed E-state index contributed by atoms with van der Waals surface area (Å²) >= 11 is 0. The van der Waals surface area contributed by atoms with E-state index < -0.39 is 22.8 Å². The summed E-state index contributed by atoms with van der Waals surface area (Å²) in [5.74, 6) is -2.80. The Kier molecular flexibility index (Phi) is 1.96. The third-order valence-corrected chi connectivity index (χ3v) is 2.88. The van der Waals surface area contributed by atoms with E-state index in [0.29, 0.717) is 6.54 Å². The fraction of sp³-hybridized carbons (Fsp3) is 0.400. The van der Waals surface area contributed by atoms with Crippen LogP contribution in [0, 0.1) is 11.6 Å². The fourth-order valence-corrected chi connectivity index (χ4v) is 1.68. The topological polar surface area (TPSA) is 46.2 Å². The first kappa shape index (κ1) is 9.40. The summed E-state index contributed by atoms with van der Waals surface area (Å²) in [5, 5.41) is 8.94. The van der Waals surface area contributed by atoms with Crippen LogP contribution < -0.4 is 5.73 Å². The van der Waals surface area contributed by atoms with Gasteiger partial charge in [-0.25, -0.2) is 4.39 Å². The molecule has 2 nitrogen and oxygen atoms in total. The Morgan fingerprint density at radius 2 is 1.93 bits per heavy atom. The molecule has 0 aromatic heterocycles. The molecule has 3 N–H and O–H groups in total. The van der Waals surface area contributed by atoms with E-state index in [4.69, 9.17) is 10.8 Å². The number of rotatable bonds is 2. The van der Waals surface area contributed by atoms with Crippen molar-refractivity contribution in [3.05, 3.63) is 29.3 Å². The highest BCUT2D eigenvalue weighted by Crippen LogP contribution is 2.48. The number of hydrogen-bond acceptors (Lipinski definition) is 2. The molecule has 1 fully saturated rings. The van der Waals surface area contributed by atoms with Crippen LogP contribution in [0.5, 0.6) is 5.75 Å². The Morgan fingerprint density at radius 3 is 2.43 bits per heavy atom. The van der Waals surface area contributed by atoms with Crippen molar-refractivity contribution in [2.45, 2.75) is 18.3 Å². The molecule has 0 amide bonds. The molecule has 1 saturated carbocycles. The minimum absolute atomic E-state index is 0.287. The second kappa shape index (κ2) is 2.92. The molecular formula is C10H11F2NO. The van der Waals surface area contributed by atoms with Gasteiger partial charge in [-0.1, -0.05) is 6.07 Å². The van der Waals surface area contributed by atoms with Crippen LogP contribution in [0.15, 0.2) is 12.1 Å². The second-order valence-corrected chi connectivity index (χ2v) is 3.74. The molecule has 1 aliphatic carbocycles. The minimum Gasteiger partial charge on any atom is -0.505 e. The fourth-order valence-electron chi connectivity index (χ4n) is 1.68. The van der Waals surface area contributed by atoms with Crippen LogP contribution >= 0.6 is 0 Å². The van der Waals surface area contributed by atoms with E-state index in [-0.39, 0.29) is 5.56 Å². The summed E-state index contributed by atoms with van der Waals surface area (Å²) in [6.07, 6.45) is 1.56. The lowest BCUT2D eigenvalue weighted by molar-refractivity contribution is 0.400. The third kappa shape index (κ3) is 1.18. The highest BCUT2D eigenvalue weighted by atomic mass is 19.2. The van der Waals surface area contributed by atoms with Gasteiger partial charge in [-0.15, -0.1) is 0 Å². The highest BCUT2D eigenvalue weighted by molar-refractivity contribution is 5.38. The van der Waals surface area contributed by atoms with Crippen LogP contribution in [0.25, 0.3) is 0 Å². The lowest BCUT2D eigenvalue weighted by atomic mass is 9.95. The normalized spacial score (nSPS) is 18.2. The largest absolute Gasteiger partial charge is 0.505 e. The zero-order valence-electron chi connectivity index (χ0n) is 7.56. The van der Waals surface area contributed by atoms with Gasteiger partial charge >= 0.3 is 0 Å². The van der Waals surface area contributed by atoms with Crippen molar-refractivity contribution in [1.82, 2.24) is 0 Å². The van der Waals surface area contributed by atoms with E-state index in [9.17, 15) is 8.78 Å². The van der Waals surface area contributed by atoms with Gasteiger partial charge in [0.25, 0.3) is 0 Å². The van der Waals surface area contributed by atoms with Gasteiger partial charge in [0.15, 0.2) is 11.6 Å². The summed E-state index contributed by atoms with van der Waals surface area (Å²) in [4.78, 5) is 0. The molecule has 1 aromatic rings. The van der Waals surface area contributed by atoms with Gasteiger partial charge < -0.3 is 10.8 Å². The SMILES string of the molecule is NCC1(c2ccc(O)c(F)c2F)CC1. The van der Waals surface area contributed by atoms with E-state index in [2.05, 4.69) is 0 Å². The first-order chi connectivity index (χ1) is 6.60. The molecule has 0 heterocycles. The average molecular weight is 199 g/mol. The summed E-state index contributed by atoms with van der Waals surface area (Å²) < 4.78 is 26.4. The third-order valence-electron chi connectivity index (χ3n) is 2.88. The molecular weight excluding hydrogens is 188 g/mol. The summed E-state index contributed by atoms with van der Waals surface area (Å²) in [6.45, 7) is 0.314. The van der Waals surface area contributed by atoms with Crippen LogP contribution in [-0.2, 0) is 5.41 Å². The van der Waals surface area contributed by atoms with Crippen LogP contribution in [-0.4, -0.2) is 11.7 Å². The maximum Gasteiger partial charge on any atom is 0.200 e. The maximum absolute atomic E-state index is 13.4. The summed E-state index contributed by atoms with van der Waals surface area (Å²) in [5.41, 5.74) is 5.40. The number of aromatic hydroxyl groups is 1. The molecule has 0 aliphatic heterocycles. The van der Waals surface area contributed by atoms with Crippen LogP contribution in [0.4, 0.5) is 8.78 Å². The van der Waals surface area contributed by atoms with E-state index in [1.165, 1.54) is 12.1 Å². The minimum atomic E-state index is -1.18. The Hall–Kier alpha value is -1.16. The van der Waals surface area contributed by atoms with Crippen LogP contribution in [0.2, 0.25) is 0 Å². The highest BCUT2D eigenvalue weighted by Gasteiger charge is 2.45. The standard InChI is InChI=1S/C10H11F2NO/c11-8-6(10(5-13)3-4-10)1-2-7(14)9(8)12/h1-2,14H,3-5,13H2. The number of phenols is 1. The molecule has 2 rings (SSSR count). The molecule has 0 unspecified atom stereocenters. The smallest absolute Gasteiger partial charge is 0.200 e. The van der Waals surface area contributed by atoms with Gasteiger partial charge in [0, 0.05) is 12.0 Å². The Balaban J connectivity index is 2.50. The van der Waals surface area contributed by atoms with Gasteiger partial charge in [0.1, 0.15) is 0 Å². The number of hydrogen-bond donors (Lipinski definition) is 2. The van der Waals surface area contributed by atoms with Gasteiger partial charge in [0.05, 0.1) is 0 Å². The number of phenolic OH excluding ortho intramolecular Hbond substituents is 1. The van der Waals surface area contributed by atoms with Crippen LogP contribution in [0.3, 0.4) is 0 Å². The van der Waals surface area contributed by atoms with Crippen molar-refractivity contribution in [3.63, 3.8) is 0 Å². The van der Waals surface area contributed by atoms with Crippen molar-refractivity contribution in [1.29, 1.82) is 0 Å². The molecule has 0 spiro atoms. The first-order valence-corrected chi connectivity index (χ1v) is 4.48. The molecule has 0 saturated heterocycles. The zero-order valence-corrected chi connectivity index (χ0v) is 7.56. The molecule has 4 heteroatoms. The van der Waals surface area contributed by atoms with Crippen molar-refractivity contribution in [3.8, 4) is 5.75 Å². The molecule has 1 aromatic carbocycles. The van der Waals surface area contributed by atoms with Gasteiger partial charge in [-0.05, 0) is 24.5 Å². The summed E-state index contributed by atoms with van der Waals surface area (Å²) in [6, 6.07) is 2.58. The second-order valence-electron chi connectivity index (χ2n) is 3.74. The summed E-state index contributed by atoms with van der Waals surface area (Å²) in [7, 11) is 0. The van der Waals surface area contributed by atoms with Crippen molar-refractivity contribution in [2.24, 2.45) is 5.73 Å². The quantitative estimate of drug-likeness (QED) is 0.760. The van der Waals surface area contributed by atoms with Crippen LogP contribution in [0.1, 0.15) is 18.4 Å². The molecule has 14 heavy (non-hydrogen) atoms. The van der Waals surface area contributed by atoms with E-state index in [1.54, 1.807) is 0 Å². The van der Waals surface area contributed by atoms with E-state index >= 15 is 0 Å². The maximum atomic E-state index is 13.4. The Bertz CT molecular complexity index is 375. The predicted molar refractivity (Wildman–Crippen MR) is 48.0 cm³/mol. The van der Waals surface area contributed by atoms with Gasteiger partial charge in [-0.3, -0.25) is 0 Å². The molecule has 0 atom stereocenters. The molecule has 0 radical (unpaired) electrons. The lowest BCUT2D eigenvalue weighted by Crippen LogP contribution is -2.21. The van der Waals surface area contributed by atoms with Crippen molar-refractivity contribution in [2.75, 3.05) is 6.54 Å². The van der Waals surface area contributed by atoms with Gasteiger partial charge in [-0.2, -0.15) is 4.39 Å². The van der Waals surface area contributed by atoms with Crippen molar-refractivity contribution >= 4 is 0 Å². The average Bonchev–Trinajstić information content (AvgIpc) is 2.95. The predicted octanol–water partition coefficient (Wildman–Crippen LogP) is 1.66. The first-order valence-electron chi connectivity index (χ1n) is 4.48. The lowest BCUT2D eigenvalue weighted by Gasteiger charge is -2.14.